The molecule has 0 saturated carbocycles. The highest BCUT2D eigenvalue weighted by Gasteiger charge is 2.18. The van der Waals surface area contributed by atoms with Gasteiger partial charge in [-0.15, -0.1) is 0 Å². The van der Waals surface area contributed by atoms with Crippen molar-refractivity contribution in [3.63, 3.8) is 0 Å². The monoisotopic (exact) mass is 243 g/mol. The number of pyridine rings is 1. The molecule has 0 radical (unpaired) electrons. The van der Waals surface area contributed by atoms with E-state index in [0.717, 1.165) is 30.5 Å². The van der Waals surface area contributed by atoms with Crippen LogP contribution < -0.4 is 15.8 Å². The molecule has 0 bridgehead atoms. The van der Waals surface area contributed by atoms with Gasteiger partial charge in [-0.05, 0) is 30.5 Å². The summed E-state index contributed by atoms with van der Waals surface area (Å²) in [5.41, 5.74) is 2.04. The Labute approximate surface area is 106 Å². The molecule has 4 heteroatoms. The van der Waals surface area contributed by atoms with Gasteiger partial charge in [0.2, 0.25) is 5.56 Å². The first-order valence-corrected chi connectivity index (χ1v) is 6.34. The maximum absolute atomic E-state index is 11.4. The average Bonchev–Trinajstić information content (AvgIpc) is 2.38. The summed E-state index contributed by atoms with van der Waals surface area (Å²) in [6, 6.07) is 10.2. The molecule has 2 aromatic rings. The highest BCUT2D eigenvalue weighted by atomic mass is 16.1. The van der Waals surface area contributed by atoms with E-state index in [1.165, 1.54) is 5.69 Å². The van der Waals surface area contributed by atoms with E-state index in [-0.39, 0.29) is 5.56 Å². The van der Waals surface area contributed by atoms with Crippen molar-refractivity contribution in [2.45, 2.75) is 13.0 Å². The molecular formula is C14H17N3O. The van der Waals surface area contributed by atoms with Gasteiger partial charge in [0.05, 0.1) is 5.52 Å². The Kier molecular flexibility index (Phi) is 2.80. The molecule has 18 heavy (non-hydrogen) atoms. The highest BCUT2D eigenvalue weighted by Crippen LogP contribution is 2.22. The number of aromatic nitrogens is 1. The summed E-state index contributed by atoms with van der Waals surface area (Å²) in [7, 11) is 0. The largest absolute Gasteiger partial charge is 0.366 e. The smallest absolute Gasteiger partial charge is 0.248 e. The lowest BCUT2D eigenvalue weighted by Gasteiger charge is -2.36. The number of hydrogen-bond donors (Lipinski definition) is 2. The van der Waals surface area contributed by atoms with E-state index in [1.807, 2.05) is 6.07 Å². The van der Waals surface area contributed by atoms with Crippen LogP contribution in [0.2, 0.25) is 0 Å². The minimum atomic E-state index is -0.0481. The third-order valence-electron chi connectivity index (χ3n) is 3.54. The molecule has 2 N–H and O–H groups in total. The van der Waals surface area contributed by atoms with Crippen LogP contribution in [0.4, 0.5) is 5.69 Å². The van der Waals surface area contributed by atoms with Gasteiger partial charge < -0.3 is 15.2 Å². The summed E-state index contributed by atoms with van der Waals surface area (Å²) in [5, 5.41) is 4.45. The number of nitrogens with zero attached hydrogens (tertiary/aromatic N) is 1. The average molecular weight is 243 g/mol. The molecule has 1 saturated heterocycles. The van der Waals surface area contributed by atoms with Crippen LogP contribution in [0.25, 0.3) is 10.9 Å². The van der Waals surface area contributed by atoms with Crippen molar-refractivity contribution >= 4 is 16.6 Å². The molecule has 0 spiro atoms. The number of hydrogen-bond acceptors (Lipinski definition) is 3. The number of nitrogens with one attached hydrogen (secondary N) is 2. The minimum absolute atomic E-state index is 0.0481. The molecule has 1 aromatic heterocycles. The Hall–Kier alpha value is -1.81. The van der Waals surface area contributed by atoms with Crippen LogP contribution in [-0.2, 0) is 0 Å². The maximum atomic E-state index is 11.4. The third kappa shape index (κ3) is 1.99. The molecule has 1 unspecified atom stereocenters. The van der Waals surface area contributed by atoms with Crippen molar-refractivity contribution in [2.75, 3.05) is 24.5 Å². The van der Waals surface area contributed by atoms with Crippen LogP contribution in [0, 0.1) is 0 Å². The number of rotatable bonds is 1. The summed E-state index contributed by atoms with van der Waals surface area (Å²) in [5.74, 6) is 0. The summed E-state index contributed by atoms with van der Waals surface area (Å²) in [4.78, 5) is 16.6. The Balaban J connectivity index is 2.04. The molecule has 0 aliphatic carbocycles. The second-order valence-electron chi connectivity index (χ2n) is 4.84. The van der Waals surface area contributed by atoms with Gasteiger partial charge in [-0.2, -0.15) is 0 Å². The molecule has 1 fully saturated rings. The first kappa shape index (κ1) is 11.3. The van der Waals surface area contributed by atoms with Crippen molar-refractivity contribution in [1.82, 2.24) is 10.3 Å². The Morgan fingerprint density at radius 1 is 1.28 bits per heavy atom. The van der Waals surface area contributed by atoms with Crippen LogP contribution in [-0.4, -0.2) is 30.7 Å². The minimum Gasteiger partial charge on any atom is -0.366 e. The van der Waals surface area contributed by atoms with Crippen LogP contribution in [0.5, 0.6) is 0 Å². The van der Waals surface area contributed by atoms with E-state index in [9.17, 15) is 4.79 Å². The number of fused-ring (bicyclic) bond motifs is 1. The Morgan fingerprint density at radius 3 is 2.94 bits per heavy atom. The van der Waals surface area contributed by atoms with Gasteiger partial charge >= 0.3 is 0 Å². The first-order valence-electron chi connectivity index (χ1n) is 6.34. The fraction of sp³-hybridized carbons (Fsp3) is 0.357. The maximum Gasteiger partial charge on any atom is 0.248 e. The number of anilines is 1. The lowest BCUT2D eigenvalue weighted by Crippen LogP contribution is -2.49. The van der Waals surface area contributed by atoms with Crippen LogP contribution in [0.1, 0.15) is 6.92 Å². The highest BCUT2D eigenvalue weighted by molar-refractivity contribution is 5.82. The lowest BCUT2D eigenvalue weighted by atomic mass is 10.1. The molecular weight excluding hydrogens is 226 g/mol. The van der Waals surface area contributed by atoms with Crippen molar-refractivity contribution in [3.8, 4) is 0 Å². The molecule has 1 aliphatic rings. The van der Waals surface area contributed by atoms with Crippen molar-refractivity contribution < 1.29 is 0 Å². The number of piperazine rings is 1. The van der Waals surface area contributed by atoms with E-state index >= 15 is 0 Å². The molecule has 2 heterocycles. The van der Waals surface area contributed by atoms with Gasteiger partial charge in [-0.3, -0.25) is 4.79 Å². The van der Waals surface area contributed by atoms with Gasteiger partial charge in [-0.25, -0.2) is 0 Å². The zero-order chi connectivity index (χ0) is 12.5. The lowest BCUT2D eigenvalue weighted by molar-refractivity contribution is 0.501. The standard InChI is InChI=1S/C14H17N3O/c1-10-9-15-6-7-17(10)12-4-2-11-3-5-14(18)16-13(11)8-12/h2-5,8,10,15H,6-7,9H2,1H3,(H,16,18). The van der Waals surface area contributed by atoms with Gasteiger partial charge in [0, 0.05) is 37.4 Å². The normalized spacial score (nSPS) is 20.3. The van der Waals surface area contributed by atoms with Crippen LogP contribution >= 0.6 is 0 Å². The predicted molar refractivity (Wildman–Crippen MR) is 74.2 cm³/mol. The van der Waals surface area contributed by atoms with Crippen molar-refractivity contribution in [2.24, 2.45) is 0 Å². The molecule has 0 amide bonds. The number of aromatic amines is 1. The third-order valence-corrected chi connectivity index (χ3v) is 3.54. The van der Waals surface area contributed by atoms with Crippen LogP contribution in [0.15, 0.2) is 35.1 Å². The van der Waals surface area contributed by atoms with E-state index in [4.69, 9.17) is 0 Å². The van der Waals surface area contributed by atoms with Gasteiger partial charge in [0.15, 0.2) is 0 Å². The summed E-state index contributed by atoms with van der Waals surface area (Å²) in [6.45, 7) is 5.23. The second-order valence-corrected chi connectivity index (χ2v) is 4.84. The number of H-pyrrole nitrogens is 1. The SMILES string of the molecule is CC1CNCCN1c1ccc2ccc(=O)[nH]c2c1. The second kappa shape index (κ2) is 4.46. The van der Waals surface area contributed by atoms with E-state index in [2.05, 4.69) is 40.3 Å². The topological polar surface area (TPSA) is 48.1 Å². The summed E-state index contributed by atoms with van der Waals surface area (Å²) >= 11 is 0. The summed E-state index contributed by atoms with van der Waals surface area (Å²) in [6.07, 6.45) is 0. The zero-order valence-corrected chi connectivity index (χ0v) is 10.4. The van der Waals surface area contributed by atoms with Gasteiger partial charge in [0.1, 0.15) is 0 Å². The van der Waals surface area contributed by atoms with E-state index in [0.29, 0.717) is 6.04 Å². The van der Waals surface area contributed by atoms with Crippen molar-refractivity contribution in [3.05, 3.63) is 40.7 Å². The quantitative estimate of drug-likeness (QED) is 0.794. The molecule has 4 nitrogen and oxygen atoms in total. The molecule has 3 rings (SSSR count). The fourth-order valence-electron chi connectivity index (χ4n) is 2.54. The fourth-order valence-corrected chi connectivity index (χ4v) is 2.54. The molecule has 1 atom stereocenters. The summed E-state index contributed by atoms with van der Waals surface area (Å²) < 4.78 is 0. The Morgan fingerprint density at radius 2 is 2.11 bits per heavy atom. The first-order chi connectivity index (χ1) is 8.74. The van der Waals surface area contributed by atoms with E-state index < -0.39 is 0 Å². The Bertz CT molecular complexity index is 620. The van der Waals surface area contributed by atoms with E-state index in [1.54, 1.807) is 6.07 Å². The molecule has 1 aromatic carbocycles. The zero-order valence-electron chi connectivity index (χ0n) is 10.4. The van der Waals surface area contributed by atoms with Gasteiger partial charge in [0.25, 0.3) is 0 Å². The molecule has 94 valence electrons. The number of benzene rings is 1. The van der Waals surface area contributed by atoms with Crippen molar-refractivity contribution in [1.29, 1.82) is 0 Å². The van der Waals surface area contributed by atoms with Gasteiger partial charge in [-0.1, -0.05) is 6.07 Å². The van der Waals surface area contributed by atoms with Crippen LogP contribution in [0.3, 0.4) is 0 Å². The molecule has 1 aliphatic heterocycles. The predicted octanol–water partition coefficient (Wildman–Crippen LogP) is 1.33.